The molecule has 0 bridgehead atoms. The lowest BCUT2D eigenvalue weighted by Gasteiger charge is -2.26. The standard InChI is InChI=1S/C25H21NO6/c1-2-32-18-12-10-15(11-13-18)23(29)21-22(16-6-5-7-17(27)14-16)26(25(31)24(21)30)19-8-3-4-9-20(19)28/h3-14,22,27-29H,2H2,1H3/b23-21-. The maximum absolute atomic E-state index is 13.1. The van der Waals surface area contributed by atoms with Crippen LogP contribution in [0.25, 0.3) is 5.76 Å². The van der Waals surface area contributed by atoms with Crippen molar-refractivity contribution in [2.24, 2.45) is 0 Å². The summed E-state index contributed by atoms with van der Waals surface area (Å²) in [7, 11) is 0. The maximum atomic E-state index is 13.1. The Morgan fingerprint density at radius 2 is 1.69 bits per heavy atom. The van der Waals surface area contributed by atoms with Crippen molar-refractivity contribution < 1.29 is 29.6 Å². The largest absolute Gasteiger partial charge is 0.508 e. The van der Waals surface area contributed by atoms with Gasteiger partial charge in [-0.05, 0) is 61.0 Å². The lowest BCUT2D eigenvalue weighted by atomic mass is 9.95. The SMILES string of the molecule is CCOc1ccc(/C(O)=C2/C(=O)C(=O)N(c3ccccc3O)C2c2cccc(O)c2)cc1. The molecule has 0 radical (unpaired) electrons. The smallest absolute Gasteiger partial charge is 0.300 e. The fourth-order valence-corrected chi connectivity index (χ4v) is 3.79. The van der Waals surface area contributed by atoms with E-state index in [1.54, 1.807) is 48.5 Å². The highest BCUT2D eigenvalue weighted by Crippen LogP contribution is 2.45. The average Bonchev–Trinajstić information content (AvgIpc) is 3.05. The van der Waals surface area contributed by atoms with Crippen LogP contribution >= 0.6 is 0 Å². The van der Waals surface area contributed by atoms with Crippen molar-refractivity contribution >= 4 is 23.1 Å². The summed E-state index contributed by atoms with van der Waals surface area (Å²) in [6, 6.07) is 17.6. The van der Waals surface area contributed by atoms with E-state index in [0.29, 0.717) is 23.5 Å². The molecular weight excluding hydrogens is 410 g/mol. The minimum Gasteiger partial charge on any atom is -0.508 e. The molecule has 1 aliphatic heterocycles. The lowest BCUT2D eigenvalue weighted by molar-refractivity contribution is -0.132. The van der Waals surface area contributed by atoms with Gasteiger partial charge in [0.1, 0.15) is 23.0 Å². The number of benzene rings is 3. The number of carbonyl (C=O) groups excluding carboxylic acids is 2. The first-order valence-electron chi connectivity index (χ1n) is 10.0. The van der Waals surface area contributed by atoms with E-state index in [1.165, 1.54) is 24.3 Å². The van der Waals surface area contributed by atoms with Crippen LogP contribution in [0.3, 0.4) is 0 Å². The van der Waals surface area contributed by atoms with Gasteiger partial charge in [-0.15, -0.1) is 0 Å². The van der Waals surface area contributed by atoms with Crippen molar-refractivity contribution in [2.75, 3.05) is 11.5 Å². The van der Waals surface area contributed by atoms with Crippen molar-refractivity contribution in [3.8, 4) is 17.2 Å². The van der Waals surface area contributed by atoms with Gasteiger partial charge < -0.3 is 20.1 Å². The molecule has 7 nitrogen and oxygen atoms in total. The van der Waals surface area contributed by atoms with E-state index < -0.39 is 17.7 Å². The van der Waals surface area contributed by atoms with Crippen molar-refractivity contribution in [3.63, 3.8) is 0 Å². The number of aliphatic hydroxyl groups excluding tert-OH is 1. The zero-order valence-electron chi connectivity index (χ0n) is 17.2. The van der Waals surface area contributed by atoms with Crippen molar-refractivity contribution in [1.82, 2.24) is 0 Å². The fraction of sp³-hybridized carbons (Fsp3) is 0.120. The Labute approximate surface area is 184 Å². The summed E-state index contributed by atoms with van der Waals surface area (Å²) in [6.45, 7) is 2.33. The van der Waals surface area contributed by atoms with Crippen LogP contribution in [0.4, 0.5) is 5.69 Å². The molecule has 4 rings (SSSR count). The molecule has 1 atom stereocenters. The number of hydrogen-bond donors (Lipinski definition) is 3. The molecule has 1 unspecified atom stereocenters. The number of ketones is 1. The van der Waals surface area contributed by atoms with Crippen LogP contribution < -0.4 is 9.64 Å². The number of rotatable bonds is 5. The molecule has 32 heavy (non-hydrogen) atoms. The van der Waals surface area contributed by atoms with E-state index in [1.807, 2.05) is 6.92 Å². The zero-order valence-corrected chi connectivity index (χ0v) is 17.2. The number of ether oxygens (including phenoxy) is 1. The van der Waals surface area contributed by atoms with Gasteiger partial charge in [0.05, 0.1) is 23.9 Å². The molecule has 0 aliphatic carbocycles. The molecule has 3 aromatic rings. The number of aromatic hydroxyl groups is 2. The van der Waals surface area contributed by atoms with Crippen LogP contribution in [-0.2, 0) is 9.59 Å². The van der Waals surface area contributed by atoms with Gasteiger partial charge in [-0.1, -0.05) is 24.3 Å². The van der Waals surface area contributed by atoms with Crippen LogP contribution in [-0.4, -0.2) is 33.6 Å². The van der Waals surface area contributed by atoms with Crippen LogP contribution in [0.2, 0.25) is 0 Å². The predicted molar refractivity (Wildman–Crippen MR) is 119 cm³/mol. The second-order valence-corrected chi connectivity index (χ2v) is 7.21. The number of nitrogens with zero attached hydrogens (tertiary/aromatic N) is 1. The molecule has 1 fully saturated rings. The number of anilines is 1. The molecule has 7 heteroatoms. The summed E-state index contributed by atoms with van der Waals surface area (Å²) in [5, 5.41) is 31.5. The highest BCUT2D eigenvalue weighted by Gasteiger charge is 2.47. The van der Waals surface area contributed by atoms with E-state index >= 15 is 0 Å². The van der Waals surface area contributed by atoms with Gasteiger partial charge in [-0.3, -0.25) is 14.5 Å². The maximum Gasteiger partial charge on any atom is 0.300 e. The molecular formula is C25H21NO6. The van der Waals surface area contributed by atoms with E-state index in [4.69, 9.17) is 4.74 Å². The number of carbonyl (C=O) groups is 2. The third kappa shape index (κ3) is 3.65. The number of para-hydroxylation sites is 2. The summed E-state index contributed by atoms with van der Waals surface area (Å²) in [5.41, 5.74) is 0.704. The van der Waals surface area contributed by atoms with E-state index in [2.05, 4.69) is 0 Å². The van der Waals surface area contributed by atoms with Gasteiger partial charge in [0.2, 0.25) is 0 Å². The monoisotopic (exact) mass is 431 g/mol. The van der Waals surface area contributed by atoms with Crippen LogP contribution in [0.15, 0.2) is 78.4 Å². The van der Waals surface area contributed by atoms with Gasteiger partial charge in [0, 0.05) is 5.56 Å². The Morgan fingerprint density at radius 3 is 2.34 bits per heavy atom. The lowest BCUT2D eigenvalue weighted by Crippen LogP contribution is -2.29. The second-order valence-electron chi connectivity index (χ2n) is 7.21. The van der Waals surface area contributed by atoms with Gasteiger partial charge >= 0.3 is 0 Å². The zero-order chi connectivity index (χ0) is 22.8. The fourth-order valence-electron chi connectivity index (χ4n) is 3.79. The third-order valence-electron chi connectivity index (χ3n) is 5.21. The van der Waals surface area contributed by atoms with Gasteiger partial charge in [-0.2, -0.15) is 0 Å². The topological polar surface area (TPSA) is 107 Å². The van der Waals surface area contributed by atoms with Crippen LogP contribution in [0, 0.1) is 0 Å². The Bertz CT molecular complexity index is 1220. The quantitative estimate of drug-likeness (QED) is 0.319. The number of hydrogen-bond acceptors (Lipinski definition) is 6. The Kier molecular flexibility index (Phi) is 5.55. The first-order valence-corrected chi connectivity index (χ1v) is 10.0. The van der Waals surface area contributed by atoms with Gasteiger partial charge in [0.25, 0.3) is 11.7 Å². The van der Waals surface area contributed by atoms with Crippen molar-refractivity contribution in [3.05, 3.63) is 89.5 Å². The molecule has 162 valence electrons. The summed E-state index contributed by atoms with van der Waals surface area (Å²) >= 11 is 0. The average molecular weight is 431 g/mol. The number of aliphatic hydroxyl groups is 1. The second kappa shape index (κ2) is 8.47. The minimum atomic E-state index is -1.05. The molecule has 0 spiro atoms. The van der Waals surface area contributed by atoms with E-state index in [-0.39, 0.29) is 28.5 Å². The molecule has 1 heterocycles. The van der Waals surface area contributed by atoms with E-state index in [0.717, 1.165) is 4.90 Å². The highest BCUT2D eigenvalue weighted by atomic mass is 16.5. The Hall–Kier alpha value is -4.26. The first kappa shape index (κ1) is 21.0. The molecule has 1 amide bonds. The molecule has 0 saturated carbocycles. The normalized spacial score (nSPS) is 17.5. The van der Waals surface area contributed by atoms with Gasteiger partial charge in [0.15, 0.2) is 0 Å². The summed E-state index contributed by atoms with van der Waals surface area (Å²) in [6.07, 6.45) is 0. The molecule has 1 aliphatic rings. The molecule has 1 saturated heterocycles. The predicted octanol–water partition coefficient (Wildman–Crippen LogP) is 4.12. The number of Topliss-reactive ketones (excluding diaryl/α,β-unsaturated/α-hetero) is 1. The number of amides is 1. The molecule has 0 aromatic heterocycles. The Balaban J connectivity index is 1.91. The highest BCUT2D eigenvalue weighted by molar-refractivity contribution is 6.51. The number of phenolic OH excluding ortho intramolecular Hbond substituents is 2. The van der Waals surface area contributed by atoms with E-state index in [9.17, 15) is 24.9 Å². The minimum absolute atomic E-state index is 0.0635. The summed E-state index contributed by atoms with van der Waals surface area (Å²) < 4.78 is 5.41. The van der Waals surface area contributed by atoms with Crippen molar-refractivity contribution in [1.29, 1.82) is 0 Å². The first-order chi connectivity index (χ1) is 15.4. The van der Waals surface area contributed by atoms with Crippen LogP contribution in [0.5, 0.6) is 17.2 Å². The van der Waals surface area contributed by atoms with Crippen LogP contribution in [0.1, 0.15) is 24.1 Å². The Morgan fingerprint density at radius 1 is 0.969 bits per heavy atom. The number of phenols is 2. The van der Waals surface area contributed by atoms with Crippen molar-refractivity contribution in [2.45, 2.75) is 13.0 Å². The van der Waals surface area contributed by atoms with Gasteiger partial charge in [-0.25, -0.2) is 0 Å². The summed E-state index contributed by atoms with van der Waals surface area (Å²) in [4.78, 5) is 27.3. The molecule has 3 aromatic carbocycles. The molecule has 3 N–H and O–H groups in total. The summed E-state index contributed by atoms with van der Waals surface area (Å²) in [5.74, 6) is -1.81. The third-order valence-corrected chi connectivity index (χ3v) is 5.21.